The Labute approximate surface area is 225 Å². The van der Waals surface area contributed by atoms with Crippen molar-refractivity contribution in [3.05, 3.63) is 82.9 Å². The number of imide groups is 2. The number of hydrogen-bond donors (Lipinski definition) is 2. The molecule has 0 spiro atoms. The molecule has 0 unspecified atom stereocenters. The van der Waals surface area contributed by atoms with Gasteiger partial charge in [0.1, 0.15) is 11.3 Å². The largest absolute Gasteiger partial charge is 0.497 e. The molecule has 39 heavy (non-hydrogen) atoms. The van der Waals surface area contributed by atoms with Crippen LogP contribution in [0.15, 0.2) is 66.2 Å². The van der Waals surface area contributed by atoms with E-state index in [9.17, 15) is 19.2 Å². The zero-order valence-electron chi connectivity index (χ0n) is 21.9. The van der Waals surface area contributed by atoms with Crippen LogP contribution in [0, 0.1) is 13.8 Å². The van der Waals surface area contributed by atoms with E-state index in [-0.39, 0.29) is 29.6 Å². The number of ether oxygens (including phenoxy) is 3. The van der Waals surface area contributed by atoms with Gasteiger partial charge in [-0.2, -0.15) is 0 Å². The number of barbiturate groups is 1. The molecule has 200 valence electrons. The number of nitrogens with one attached hydrogen (secondary N) is 2. The summed E-state index contributed by atoms with van der Waals surface area (Å²) in [4.78, 5) is 51.5. The lowest BCUT2D eigenvalue weighted by atomic mass is 10.0. The van der Waals surface area contributed by atoms with E-state index in [1.807, 2.05) is 13.8 Å². The summed E-state index contributed by atoms with van der Waals surface area (Å²) in [6, 6.07) is 15.9. The second-order valence-corrected chi connectivity index (χ2v) is 8.70. The minimum absolute atomic E-state index is 0.220. The second kappa shape index (κ2) is 11.5. The van der Waals surface area contributed by atoms with E-state index in [0.29, 0.717) is 22.7 Å². The number of aryl methyl sites for hydroxylation is 2. The molecule has 0 aliphatic carbocycles. The summed E-state index contributed by atoms with van der Waals surface area (Å²) in [6.45, 7) is 3.50. The Bertz CT molecular complexity index is 1480. The minimum Gasteiger partial charge on any atom is -0.497 e. The molecule has 4 rings (SSSR count). The van der Waals surface area contributed by atoms with Gasteiger partial charge >= 0.3 is 6.03 Å². The van der Waals surface area contributed by atoms with Gasteiger partial charge in [0.25, 0.3) is 17.7 Å². The number of urea groups is 1. The molecule has 0 bridgehead atoms. The highest BCUT2D eigenvalue weighted by Gasteiger charge is 2.37. The van der Waals surface area contributed by atoms with Crippen LogP contribution >= 0.6 is 0 Å². The van der Waals surface area contributed by atoms with Crippen molar-refractivity contribution in [1.82, 2.24) is 5.32 Å². The minimum atomic E-state index is -0.820. The van der Waals surface area contributed by atoms with Crippen LogP contribution in [0.5, 0.6) is 17.2 Å². The molecule has 0 radical (unpaired) electrons. The Balaban J connectivity index is 1.50. The molecule has 3 aromatic rings. The summed E-state index contributed by atoms with van der Waals surface area (Å²) >= 11 is 0. The van der Waals surface area contributed by atoms with Crippen LogP contribution in [0.3, 0.4) is 0 Å². The smallest absolute Gasteiger partial charge is 0.335 e. The van der Waals surface area contributed by atoms with Crippen molar-refractivity contribution in [3.63, 3.8) is 0 Å². The van der Waals surface area contributed by atoms with E-state index < -0.39 is 17.8 Å². The fourth-order valence-electron chi connectivity index (χ4n) is 3.83. The zero-order valence-corrected chi connectivity index (χ0v) is 21.9. The van der Waals surface area contributed by atoms with E-state index in [0.717, 1.165) is 16.0 Å². The SMILES string of the molecule is COc1ccc(NC(=O)COc2ccc(/C=C3/C(=O)NC(=O)N(c4ccc(C)c(C)c4)C3=O)cc2OC)cc1. The quantitative estimate of drug-likeness (QED) is 0.334. The highest BCUT2D eigenvalue weighted by Crippen LogP contribution is 2.30. The van der Waals surface area contributed by atoms with E-state index in [2.05, 4.69) is 10.6 Å². The summed E-state index contributed by atoms with van der Waals surface area (Å²) < 4.78 is 16.1. The summed E-state index contributed by atoms with van der Waals surface area (Å²) in [5.74, 6) is -0.695. The topological polar surface area (TPSA) is 123 Å². The highest BCUT2D eigenvalue weighted by atomic mass is 16.5. The molecule has 1 heterocycles. The van der Waals surface area contributed by atoms with Crippen molar-refractivity contribution in [2.24, 2.45) is 0 Å². The highest BCUT2D eigenvalue weighted by molar-refractivity contribution is 6.39. The molecule has 1 aliphatic heterocycles. The van der Waals surface area contributed by atoms with Crippen LogP contribution in [0.4, 0.5) is 16.2 Å². The first-order valence-corrected chi connectivity index (χ1v) is 11.9. The Kier molecular flexibility index (Phi) is 7.95. The third-order valence-electron chi connectivity index (χ3n) is 6.08. The van der Waals surface area contributed by atoms with Gasteiger partial charge in [0.15, 0.2) is 18.1 Å². The lowest BCUT2D eigenvalue weighted by Gasteiger charge is -2.26. The lowest BCUT2D eigenvalue weighted by molar-refractivity contribution is -0.122. The van der Waals surface area contributed by atoms with Crippen LogP contribution in [0.25, 0.3) is 6.08 Å². The number of anilines is 2. The molecule has 1 fully saturated rings. The Morgan fingerprint density at radius 1 is 0.897 bits per heavy atom. The molecule has 0 aromatic heterocycles. The molecular weight excluding hydrogens is 502 g/mol. The monoisotopic (exact) mass is 529 g/mol. The van der Waals surface area contributed by atoms with E-state index >= 15 is 0 Å². The molecule has 1 aliphatic rings. The normalized spacial score (nSPS) is 14.2. The number of rotatable bonds is 8. The molecule has 3 aromatic carbocycles. The maximum absolute atomic E-state index is 13.2. The van der Waals surface area contributed by atoms with Gasteiger partial charge in [-0.05, 0) is 85.1 Å². The van der Waals surface area contributed by atoms with Crippen LogP contribution in [-0.2, 0) is 14.4 Å². The Hall–Kier alpha value is -5.12. The third-order valence-corrected chi connectivity index (χ3v) is 6.08. The third kappa shape index (κ3) is 6.07. The predicted octanol–water partition coefficient (Wildman–Crippen LogP) is 4.00. The van der Waals surface area contributed by atoms with Crippen LogP contribution < -0.4 is 29.7 Å². The average Bonchev–Trinajstić information content (AvgIpc) is 2.92. The van der Waals surface area contributed by atoms with Crippen LogP contribution in [0.2, 0.25) is 0 Å². The molecule has 5 amide bonds. The lowest BCUT2D eigenvalue weighted by Crippen LogP contribution is -2.54. The predicted molar refractivity (Wildman–Crippen MR) is 145 cm³/mol. The number of hydrogen-bond acceptors (Lipinski definition) is 7. The van der Waals surface area contributed by atoms with Crippen molar-refractivity contribution < 1.29 is 33.4 Å². The van der Waals surface area contributed by atoms with Crippen molar-refractivity contribution in [2.75, 3.05) is 31.0 Å². The Morgan fingerprint density at radius 2 is 1.64 bits per heavy atom. The van der Waals surface area contributed by atoms with Crippen LogP contribution in [-0.4, -0.2) is 44.6 Å². The van der Waals surface area contributed by atoms with E-state index in [4.69, 9.17) is 14.2 Å². The van der Waals surface area contributed by atoms with Crippen molar-refractivity contribution in [1.29, 1.82) is 0 Å². The number of methoxy groups -OCH3 is 2. The van der Waals surface area contributed by atoms with Gasteiger partial charge in [0.2, 0.25) is 0 Å². The average molecular weight is 530 g/mol. The maximum Gasteiger partial charge on any atom is 0.335 e. The number of nitrogens with zero attached hydrogens (tertiary/aromatic N) is 1. The Morgan fingerprint density at radius 3 is 2.31 bits per heavy atom. The number of benzene rings is 3. The fourth-order valence-corrected chi connectivity index (χ4v) is 3.83. The molecule has 10 nitrogen and oxygen atoms in total. The molecular formula is C29H27N3O7. The van der Waals surface area contributed by atoms with E-state index in [1.54, 1.807) is 67.8 Å². The van der Waals surface area contributed by atoms with Gasteiger partial charge in [-0.15, -0.1) is 0 Å². The molecule has 10 heteroatoms. The van der Waals surface area contributed by atoms with Gasteiger partial charge in [-0.3, -0.25) is 19.7 Å². The maximum atomic E-state index is 13.2. The fraction of sp³-hybridized carbons (Fsp3) is 0.172. The summed E-state index contributed by atoms with van der Waals surface area (Å²) in [7, 11) is 2.98. The summed E-state index contributed by atoms with van der Waals surface area (Å²) in [5.41, 5.74) is 3.07. The van der Waals surface area contributed by atoms with Crippen molar-refractivity contribution >= 4 is 41.2 Å². The summed E-state index contributed by atoms with van der Waals surface area (Å²) in [5, 5.41) is 4.93. The molecule has 2 N–H and O–H groups in total. The number of carbonyl (C=O) groups excluding carboxylic acids is 4. The first kappa shape index (κ1) is 26.9. The number of amides is 5. The zero-order chi connectivity index (χ0) is 28.1. The van der Waals surface area contributed by atoms with Crippen molar-refractivity contribution in [2.45, 2.75) is 13.8 Å². The van der Waals surface area contributed by atoms with Gasteiger partial charge in [-0.1, -0.05) is 12.1 Å². The molecule has 1 saturated heterocycles. The van der Waals surface area contributed by atoms with Gasteiger partial charge in [0.05, 0.1) is 19.9 Å². The molecule has 0 saturated carbocycles. The first-order chi connectivity index (χ1) is 18.7. The van der Waals surface area contributed by atoms with E-state index in [1.165, 1.54) is 13.2 Å². The van der Waals surface area contributed by atoms with Crippen LogP contribution in [0.1, 0.15) is 16.7 Å². The standard InChI is InChI=1S/C29H27N3O7/c1-17-5-9-21(13-18(17)2)32-28(35)23(27(34)31-29(32)36)14-19-6-12-24(25(15-19)38-4)39-16-26(33)30-20-7-10-22(37-3)11-8-20/h5-15H,16H2,1-4H3,(H,30,33)(H,31,34,36)/b23-14-. The van der Waals surface area contributed by atoms with Gasteiger partial charge in [-0.25, -0.2) is 9.69 Å². The van der Waals surface area contributed by atoms with Crippen molar-refractivity contribution in [3.8, 4) is 17.2 Å². The first-order valence-electron chi connectivity index (χ1n) is 11.9. The molecule has 0 atom stereocenters. The second-order valence-electron chi connectivity index (χ2n) is 8.70. The van der Waals surface area contributed by atoms with Gasteiger partial charge in [0, 0.05) is 5.69 Å². The summed E-state index contributed by atoms with van der Waals surface area (Å²) in [6.07, 6.45) is 1.36. The number of carbonyl (C=O) groups is 4. The van der Waals surface area contributed by atoms with Gasteiger partial charge < -0.3 is 19.5 Å².